The maximum Gasteiger partial charge on any atom is 0.306 e. The third-order valence-corrected chi connectivity index (χ3v) is 18.4. The molecule has 0 radical (unpaired) electrons. The monoisotopic (exact) mass is 1230 g/mol. The Morgan fingerprint density at radius 2 is 0.759 bits per heavy atom. The molecule has 8 atom stereocenters. The fraction of sp³-hybridized carbons (Fsp3) is 0.921. The predicted octanol–water partition coefficient (Wildman–Crippen LogP) is 20.0. The highest BCUT2D eigenvalue weighted by atomic mass is 16.7. The van der Waals surface area contributed by atoms with E-state index in [-0.39, 0.29) is 13.0 Å². The Balaban J connectivity index is 2.54. The molecule has 0 aromatic rings. The minimum atomic E-state index is -1.61. The lowest BCUT2D eigenvalue weighted by Gasteiger charge is -2.41. The molecule has 6 N–H and O–H groups in total. The molecular weight excluding hydrogens is 1090 g/mol. The van der Waals surface area contributed by atoms with E-state index in [1.54, 1.807) is 6.08 Å². The van der Waals surface area contributed by atoms with Crippen LogP contribution in [0.15, 0.2) is 24.3 Å². The van der Waals surface area contributed by atoms with Crippen LogP contribution in [0.25, 0.3) is 0 Å². The van der Waals surface area contributed by atoms with Gasteiger partial charge in [0.2, 0.25) is 5.91 Å². The number of aliphatic hydroxyl groups is 5. The number of hydrogen-bond acceptors (Lipinski definition) is 10. The molecule has 0 aliphatic carbocycles. The maximum absolute atomic E-state index is 13.5. The third kappa shape index (κ3) is 51.4. The van der Waals surface area contributed by atoms with Crippen molar-refractivity contribution in [2.24, 2.45) is 0 Å². The number of unbranched alkanes of at least 4 members (excludes halogenated alkanes) is 51. The summed E-state index contributed by atoms with van der Waals surface area (Å²) >= 11 is 0. The summed E-state index contributed by atoms with van der Waals surface area (Å²) in [6.45, 7) is 5.87. The molecule has 1 aliphatic heterocycles. The summed E-state index contributed by atoms with van der Waals surface area (Å²) in [5.41, 5.74) is 0. The van der Waals surface area contributed by atoms with E-state index in [0.717, 1.165) is 57.8 Å². The highest BCUT2D eigenvalue weighted by molar-refractivity contribution is 5.80. The lowest BCUT2D eigenvalue weighted by Crippen LogP contribution is -2.61. The smallest absolute Gasteiger partial charge is 0.306 e. The van der Waals surface area contributed by atoms with E-state index in [0.29, 0.717) is 19.3 Å². The average Bonchev–Trinajstić information content (AvgIpc) is 2.32. The Bertz CT molecular complexity index is 1510. The van der Waals surface area contributed by atoms with Crippen molar-refractivity contribution in [2.45, 2.75) is 436 Å². The van der Waals surface area contributed by atoms with Gasteiger partial charge in [-0.1, -0.05) is 353 Å². The zero-order chi connectivity index (χ0) is 63.1. The van der Waals surface area contributed by atoms with E-state index in [2.05, 4.69) is 38.2 Å². The van der Waals surface area contributed by atoms with Gasteiger partial charge < -0.3 is 45.1 Å². The van der Waals surface area contributed by atoms with Crippen molar-refractivity contribution >= 4 is 11.9 Å². The fourth-order valence-electron chi connectivity index (χ4n) is 12.4. The zero-order valence-electron chi connectivity index (χ0n) is 57.4. The molecule has 0 bridgehead atoms. The van der Waals surface area contributed by atoms with Crippen LogP contribution in [0.5, 0.6) is 0 Å². The van der Waals surface area contributed by atoms with E-state index >= 15 is 0 Å². The number of esters is 1. The van der Waals surface area contributed by atoms with Gasteiger partial charge in [0.15, 0.2) is 12.4 Å². The minimum absolute atomic E-state index is 0.129. The molecule has 0 saturated carbocycles. The number of aliphatic hydroxyl groups excluding tert-OH is 5. The van der Waals surface area contributed by atoms with E-state index in [9.17, 15) is 35.1 Å². The molecule has 11 heteroatoms. The Kier molecular flexibility index (Phi) is 61.4. The quantitative estimate of drug-likeness (QED) is 0.0195. The number of rotatable bonds is 67. The molecule has 1 heterocycles. The van der Waals surface area contributed by atoms with E-state index < -0.39 is 67.4 Å². The molecule has 514 valence electrons. The first-order valence-electron chi connectivity index (χ1n) is 38.1. The molecule has 0 aromatic carbocycles. The van der Waals surface area contributed by atoms with E-state index in [1.807, 2.05) is 6.08 Å². The van der Waals surface area contributed by atoms with Crippen molar-refractivity contribution in [3.8, 4) is 0 Å². The standard InChI is InChI=1S/C76H145NO10/c1-4-7-10-13-16-19-22-25-27-29-31-33-35-37-39-41-43-46-49-52-55-58-61-64-71(81)87-74-73(83)72(82)70(65-78)86-76(74)85-66-67(68(79)62-59-56-53-50-47-44-24-21-18-15-12-9-6-3)77-75(84)69(80)63-60-57-54-51-48-45-42-40-38-36-34-32-30-28-26-23-20-17-14-11-8-5-2/h25,27,59,62,67-70,72-74,76,78-80,82-83H,4-24,26,28-58,60-61,63-66H2,1-3H3,(H,77,84)/b27-25+,62-59+. The van der Waals surface area contributed by atoms with Crippen LogP contribution in [0.1, 0.15) is 387 Å². The van der Waals surface area contributed by atoms with Crippen LogP contribution in [0.3, 0.4) is 0 Å². The zero-order valence-corrected chi connectivity index (χ0v) is 57.4. The molecule has 0 spiro atoms. The second-order valence-electron chi connectivity index (χ2n) is 26.7. The number of amides is 1. The van der Waals surface area contributed by atoms with Gasteiger partial charge in [-0.3, -0.25) is 9.59 Å². The van der Waals surface area contributed by atoms with Crippen molar-refractivity contribution in [3.05, 3.63) is 24.3 Å². The van der Waals surface area contributed by atoms with Gasteiger partial charge in [-0.25, -0.2) is 0 Å². The summed E-state index contributed by atoms with van der Waals surface area (Å²) in [5, 5.41) is 57.4. The molecule has 8 unspecified atom stereocenters. The molecule has 1 saturated heterocycles. The highest BCUT2D eigenvalue weighted by Gasteiger charge is 2.47. The van der Waals surface area contributed by atoms with Crippen LogP contribution in [-0.4, -0.2) is 99.6 Å². The van der Waals surface area contributed by atoms with Crippen LogP contribution in [-0.2, 0) is 23.8 Å². The summed E-state index contributed by atoms with van der Waals surface area (Å²) in [5.74, 6) is -1.17. The van der Waals surface area contributed by atoms with Crippen LogP contribution >= 0.6 is 0 Å². The number of ether oxygens (including phenoxy) is 3. The van der Waals surface area contributed by atoms with Gasteiger partial charge in [0.05, 0.1) is 25.4 Å². The van der Waals surface area contributed by atoms with Gasteiger partial charge in [0.1, 0.15) is 24.4 Å². The van der Waals surface area contributed by atoms with Crippen molar-refractivity contribution < 1.29 is 49.3 Å². The molecule has 1 amide bonds. The Labute approximate surface area is 537 Å². The second kappa shape index (κ2) is 64.3. The summed E-state index contributed by atoms with van der Waals surface area (Å²) in [7, 11) is 0. The molecule has 1 aliphatic rings. The first-order valence-corrected chi connectivity index (χ1v) is 38.1. The minimum Gasteiger partial charge on any atom is -0.454 e. The van der Waals surface area contributed by atoms with Crippen molar-refractivity contribution in [2.75, 3.05) is 13.2 Å². The summed E-state index contributed by atoms with van der Waals surface area (Å²) in [6.07, 6.45) is 68.0. The van der Waals surface area contributed by atoms with Gasteiger partial charge in [-0.2, -0.15) is 0 Å². The van der Waals surface area contributed by atoms with Crippen molar-refractivity contribution in [1.82, 2.24) is 5.32 Å². The van der Waals surface area contributed by atoms with Crippen molar-refractivity contribution in [1.29, 1.82) is 0 Å². The van der Waals surface area contributed by atoms with Gasteiger partial charge in [-0.15, -0.1) is 0 Å². The van der Waals surface area contributed by atoms with Gasteiger partial charge in [0.25, 0.3) is 0 Å². The number of allylic oxidation sites excluding steroid dienone is 3. The molecule has 1 rings (SSSR count). The summed E-state index contributed by atoms with van der Waals surface area (Å²) < 4.78 is 17.7. The molecule has 87 heavy (non-hydrogen) atoms. The van der Waals surface area contributed by atoms with Crippen LogP contribution in [0, 0.1) is 0 Å². The van der Waals surface area contributed by atoms with E-state index in [4.69, 9.17) is 14.2 Å². The predicted molar refractivity (Wildman–Crippen MR) is 366 cm³/mol. The molecule has 1 fully saturated rings. The highest BCUT2D eigenvalue weighted by Crippen LogP contribution is 2.27. The summed E-state index contributed by atoms with van der Waals surface area (Å²) in [6, 6.07) is -1.02. The number of hydrogen-bond donors (Lipinski definition) is 6. The Morgan fingerprint density at radius 3 is 1.11 bits per heavy atom. The topological polar surface area (TPSA) is 175 Å². The molecule has 0 aromatic heterocycles. The summed E-state index contributed by atoms with van der Waals surface area (Å²) in [4.78, 5) is 26.7. The van der Waals surface area contributed by atoms with E-state index in [1.165, 1.54) is 283 Å². The normalized spacial score (nSPS) is 18.3. The third-order valence-electron chi connectivity index (χ3n) is 18.4. The molecule has 11 nitrogen and oxygen atoms in total. The SMILES string of the molecule is CCCCCCCC/C=C/CCCCCCCCCCCCCCCC(=O)OC1C(OCC(NC(=O)C(O)CCCCCCCCCCCCCCCCCCCCCCCC)C(O)/C=C/CCCCCCCCCCCCC)OC(CO)C(O)C1O. The largest absolute Gasteiger partial charge is 0.454 e. The maximum atomic E-state index is 13.5. The first-order chi connectivity index (χ1) is 42.7. The Morgan fingerprint density at radius 1 is 0.437 bits per heavy atom. The first kappa shape index (κ1) is 83.2. The second-order valence-corrected chi connectivity index (χ2v) is 26.7. The van der Waals surface area contributed by atoms with Gasteiger partial charge in [0, 0.05) is 6.42 Å². The van der Waals surface area contributed by atoms with Crippen LogP contribution in [0.4, 0.5) is 0 Å². The van der Waals surface area contributed by atoms with Gasteiger partial charge >= 0.3 is 5.97 Å². The van der Waals surface area contributed by atoms with Crippen LogP contribution < -0.4 is 5.32 Å². The molecular formula is C76H145NO10. The average molecular weight is 1230 g/mol. The van der Waals surface area contributed by atoms with Crippen LogP contribution in [0.2, 0.25) is 0 Å². The lowest BCUT2D eigenvalue weighted by atomic mass is 9.99. The number of carbonyl (C=O) groups excluding carboxylic acids is 2. The number of nitrogens with one attached hydrogen (secondary N) is 1. The number of carbonyl (C=O) groups is 2. The van der Waals surface area contributed by atoms with Gasteiger partial charge in [-0.05, 0) is 51.4 Å². The van der Waals surface area contributed by atoms with Crippen molar-refractivity contribution in [3.63, 3.8) is 0 Å². The Hall–Kier alpha value is -1.86. The fourth-order valence-corrected chi connectivity index (χ4v) is 12.4. The lowest BCUT2D eigenvalue weighted by molar-refractivity contribution is -0.305.